The van der Waals surface area contributed by atoms with Crippen LogP contribution in [0, 0.1) is 0 Å². The number of hydrogen-bond acceptors (Lipinski definition) is 2. The van der Waals surface area contributed by atoms with Crippen LogP contribution in [-0.2, 0) is 6.42 Å². The van der Waals surface area contributed by atoms with E-state index in [4.69, 9.17) is 0 Å². The van der Waals surface area contributed by atoms with Gasteiger partial charge in [0, 0.05) is 24.8 Å². The fraction of sp³-hybridized carbons (Fsp3) is 0.0588. The molecule has 0 radical (unpaired) electrons. The fourth-order valence-corrected chi connectivity index (χ4v) is 1.64. The number of nitrogens with zero attached hydrogens (tertiary/aromatic N) is 2. The van der Waals surface area contributed by atoms with Crippen molar-refractivity contribution in [3.8, 4) is 0 Å². The molecule has 0 spiro atoms. The molecule has 0 bridgehead atoms. The molecule has 2 aromatic heterocycles. The predicted octanol–water partition coefficient (Wildman–Crippen LogP) is 3.75. The van der Waals surface area contributed by atoms with Gasteiger partial charge in [0.2, 0.25) is 0 Å². The molecule has 94 valence electrons. The molecule has 0 aliphatic rings. The Morgan fingerprint density at radius 2 is 1.05 bits per heavy atom. The average Bonchev–Trinajstić information content (AvgIpc) is 2.52. The smallest absolute Gasteiger partial charge is 0.0270 e. The molecule has 2 nitrogen and oxygen atoms in total. The summed E-state index contributed by atoms with van der Waals surface area (Å²) >= 11 is 0. The van der Waals surface area contributed by atoms with Crippen LogP contribution in [0.15, 0.2) is 85.5 Å². The van der Waals surface area contributed by atoms with Gasteiger partial charge in [0.25, 0.3) is 0 Å². The van der Waals surface area contributed by atoms with Crippen molar-refractivity contribution in [2.75, 3.05) is 0 Å². The van der Waals surface area contributed by atoms with E-state index in [1.165, 1.54) is 11.1 Å². The van der Waals surface area contributed by atoms with Gasteiger partial charge in [-0.3, -0.25) is 9.97 Å². The molecule has 0 saturated carbocycles. The first-order valence-corrected chi connectivity index (χ1v) is 6.23. The van der Waals surface area contributed by atoms with Crippen LogP contribution in [-0.4, -0.2) is 9.97 Å². The largest absolute Gasteiger partial charge is 0.265 e. The molecule has 1 aromatic carbocycles. The van der Waals surface area contributed by atoms with Crippen LogP contribution in [0.25, 0.3) is 0 Å². The van der Waals surface area contributed by atoms with E-state index in [1.807, 2.05) is 48.8 Å². The van der Waals surface area contributed by atoms with Crippen molar-refractivity contribution in [1.82, 2.24) is 9.97 Å². The molecule has 0 saturated heterocycles. The highest BCUT2D eigenvalue weighted by atomic mass is 14.6. The third-order valence-electron chi connectivity index (χ3n) is 2.57. The lowest BCUT2D eigenvalue weighted by atomic mass is 10.1. The van der Waals surface area contributed by atoms with Gasteiger partial charge in [0.05, 0.1) is 0 Å². The average molecular weight is 248 g/mol. The van der Waals surface area contributed by atoms with E-state index in [9.17, 15) is 0 Å². The lowest BCUT2D eigenvalue weighted by molar-refractivity contribution is 1.16. The molecule has 0 amide bonds. The summed E-state index contributed by atoms with van der Waals surface area (Å²) in [5.74, 6) is 0. The standard InChI is InChI=1S/C12H11N.C5H5N/c1-2-4-11(5-3-1)10-12-6-8-13-9-7-12;1-2-4-6-5-3-1/h1-9H,10H2;1-5H. The van der Waals surface area contributed by atoms with Crippen molar-refractivity contribution in [3.63, 3.8) is 0 Å². The van der Waals surface area contributed by atoms with E-state index in [2.05, 4.69) is 34.2 Å². The van der Waals surface area contributed by atoms with Crippen molar-refractivity contribution < 1.29 is 0 Å². The van der Waals surface area contributed by atoms with Crippen LogP contribution in [0.3, 0.4) is 0 Å². The van der Waals surface area contributed by atoms with Gasteiger partial charge in [-0.1, -0.05) is 36.4 Å². The SMILES string of the molecule is c1ccc(Cc2ccncc2)cc1.c1ccncc1. The number of benzene rings is 1. The Kier molecular flexibility index (Phi) is 5.30. The van der Waals surface area contributed by atoms with Crippen molar-refractivity contribution in [3.05, 3.63) is 96.6 Å². The maximum absolute atomic E-state index is 3.99. The van der Waals surface area contributed by atoms with Crippen LogP contribution in [0.2, 0.25) is 0 Å². The van der Waals surface area contributed by atoms with E-state index >= 15 is 0 Å². The Labute approximate surface area is 113 Å². The third-order valence-corrected chi connectivity index (χ3v) is 2.57. The van der Waals surface area contributed by atoms with Crippen LogP contribution in [0.4, 0.5) is 0 Å². The van der Waals surface area contributed by atoms with Gasteiger partial charge >= 0.3 is 0 Å². The molecule has 0 aliphatic carbocycles. The second kappa shape index (κ2) is 7.77. The van der Waals surface area contributed by atoms with Gasteiger partial charge < -0.3 is 0 Å². The Bertz CT molecular complexity index is 486. The summed E-state index contributed by atoms with van der Waals surface area (Å²) in [7, 11) is 0. The first kappa shape index (κ1) is 13.0. The highest BCUT2D eigenvalue weighted by Crippen LogP contribution is 2.07. The first-order chi connectivity index (χ1) is 9.45. The van der Waals surface area contributed by atoms with Gasteiger partial charge in [-0.15, -0.1) is 0 Å². The number of aromatic nitrogens is 2. The molecule has 0 atom stereocenters. The molecule has 2 heterocycles. The van der Waals surface area contributed by atoms with Crippen molar-refractivity contribution in [1.29, 1.82) is 0 Å². The second-order valence-corrected chi connectivity index (χ2v) is 4.04. The second-order valence-electron chi connectivity index (χ2n) is 4.04. The highest BCUT2D eigenvalue weighted by Gasteiger charge is 1.93. The van der Waals surface area contributed by atoms with Gasteiger partial charge in [0.15, 0.2) is 0 Å². The molecule has 19 heavy (non-hydrogen) atoms. The van der Waals surface area contributed by atoms with Crippen molar-refractivity contribution >= 4 is 0 Å². The number of pyridine rings is 2. The highest BCUT2D eigenvalue weighted by molar-refractivity contribution is 5.23. The minimum atomic E-state index is 0.989. The van der Waals surface area contributed by atoms with Crippen LogP contribution >= 0.6 is 0 Å². The number of hydrogen-bond donors (Lipinski definition) is 0. The van der Waals surface area contributed by atoms with Gasteiger partial charge in [0.1, 0.15) is 0 Å². The Balaban J connectivity index is 0.000000186. The lowest BCUT2D eigenvalue weighted by Crippen LogP contribution is -1.86. The summed E-state index contributed by atoms with van der Waals surface area (Å²) in [5.41, 5.74) is 2.65. The van der Waals surface area contributed by atoms with Gasteiger partial charge in [-0.05, 0) is 41.8 Å². The quantitative estimate of drug-likeness (QED) is 0.690. The maximum Gasteiger partial charge on any atom is 0.0270 e. The summed E-state index contributed by atoms with van der Waals surface area (Å²) in [6, 6.07) is 20.3. The van der Waals surface area contributed by atoms with Gasteiger partial charge in [-0.2, -0.15) is 0 Å². The molecule has 0 fully saturated rings. The number of rotatable bonds is 2. The summed E-state index contributed by atoms with van der Waals surface area (Å²) < 4.78 is 0. The Morgan fingerprint density at radius 3 is 1.58 bits per heavy atom. The van der Waals surface area contributed by atoms with E-state index < -0.39 is 0 Å². The molecule has 0 N–H and O–H groups in total. The Hall–Kier alpha value is -2.48. The Morgan fingerprint density at radius 1 is 0.526 bits per heavy atom. The summed E-state index contributed by atoms with van der Waals surface area (Å²) in [5, 5.41) is 0. The van der Waals surface area contributed by atoms with E-state index in [-0.39, 0.29) is 0 Å². The molecular weight excluding hydrogens is 232 g/mol. The predicted molar refractivity (Wildman–Crippen MR) is 77.7 cm³/mol. The van der Waals surface area contributed by atoms with Crippen LogP contribution < -0.4 is 0 Å². The third kappa shape index (κ3) is 5.13. The zero-order valence-corrected chi connectivity index (χ0v) is 10.7. The molecule has 2 heteroatoms. The molecular formula is C17H16N2. The minimum Gasteiger partial charge on any atom is -0.265 e. The normalized spacial score (nSPS) is 9.26. The van der Waals surface area contributed by atoms with Crippen LogP contribution in [0.5, 0.6) is 0 Å². The summed E-state index contributed by atoms with van der Waals surface area (Å²) in [6.07, 6.45) is 8.15. The molecule has 0 aliphatic heterocycles. The monoisotopic (exact) mass is 248 g/mol. The fourth-order valence-electron chi connectivity index (χ4n) is 1.64. The van der Waals surface area contributed by atoms with Crippen LogP contribution in [0.1, 0.15) is 11.1 Å². The molecule has 3 rings (SSSR count). The molecule has 0 unspecified atom stereocenters. The van der Waals surface area contributed by atoms with Crippen molar-refractivity contribution in [2.45, 2.75) is 6.42 Å². The topological polar surface area (TPSA) is 25.8 Å². The van der Waals surface area contributed by atoms with E-state index in [0.29, 0.717) is 0 Å². The lowest BCUT2D eigenvalue weighted by Gasteiger charge is -1.99. The first-order valence-electron chi connectivity index (χ1n) is 6.23. The van der Waals surface area contributed by atoms with Crippen molar-refractivity contribution in [2.24, 2.45) is 0 Å². The minimum absolute atomic E-state index is 0.989. The van der Waals surface area contributed by atoms with Gasteiger partial charge in [-0.25, -0.2) is 0 Å². The zero-order chi connectivity index (χ0) is 13.2. The summed E-state index contributed by atoms with van der Waals surface area (Å²) in [4.78, 5) is 7.77. The maximum atomic E-state index is 3.99. The zero-order valence-electron chi connectivity index (χ0n) is 10.7. The van der Waals surface area contributed by atoms with E-state index in [0.717, 1.165) is 6.42 Å². The van der Waals surface area contributed by atoms with E-state index in [1.54, 1.807) is 12.4 Å². The molecule has 3 aromatic rings. The summed E-state index contributed by atoms with van der Waals surface area (Å²) in [6.45, 7) is 0.